The first-order chi connectivity index (χ1) is 18.2. The van der Waals surface area contributed by atoms with E-state index < -0.39 is 36.0 Å². The molecular weight excluding hydrogens is 504 g/mol. The molecule has 1 saturated heterocycles. The predicted octanol–water partition coefficient (Wildman–Crippen LogP) is 4.96. The summed E-state index contributed by atoms with van der Waals surface area (Å²) in [5.41, 5.74) is 1.14. The van der Waals surface area contributed by atoms with Gasteiger partial charge in [0.2, 0.25) is 6.41 Å². The summed E-state index contributed by atoms with van der Waals surface area (Å²) >= 11 is 0. The standard InChI is InChI=1S/C16H25N3.C11H9F4NO3/c1-2-11-19(12-3-1)13-5-7-15-9-8-14-6-4-10-17-16(14)18-15;12-8-2-6(1-7(3-8)11(13,14)15)9(16-5-17)4-10(18)19/h8-9H,1-7,10-13H2,(H,17,18);1-3,5,9H,4H2,(H,16,17)(H,18,19). The average Bonchev–Trinajstić information content (AvgIpc) is 2.88. The van der Waals surface area contributed by atoms with Crippen LogP contribution in [0.1, 0.15) is 67.0 Å². The molecule has 4 rings (SSSR count). The smallest absolute Gasteiger partial charge is 0.416 e. The maximum atomic E-state index is 13.1. The van der Waals surface area contributed by atoms with Gasteiger partial charge < -0.3 is 20.6 Å². The SMILES string of the molecule is O=CNC(CC(=O)O)c1cc(F)cc(C(F)(F)F)c1.c1cc2c(nc1CCCN1CCCCC1)NCCC2. The maximum Gasteiger partial charge on any atom is 0.416 e. The Hall–Kier alpha value is -3.21. The summed E-state index contributed by atoms with van der Waals surface area (Å²) < 4.78 is 50.6. The highest BCUT2D eigenvalue weighted by Crippen LogP contribution is 2.32. The molecule has 3 heterocycles. The summed E-state index contributed by atoms with van der Waals surface area (Å²) in [6.45, 7) is 4.93. The minimum absolute atomic E-state index is 0.145. The number of rotatable bonds is 9. The van der Waals surface area contributed by atoms with Crippen LogP contribution >= 0.6 is 0 Å². The number of benzene rings is 1. The number of anilines is 1. The molecule has 0 radical (unpaired) electrons. The van der Waals surface area contributed by atoms with E-state index in [0.29, 0.717) is 12.1 Å². The Balaban J connectivity index is 0.000000211. The summed E-state index contributed by atoms with van der Waals surface area (Å²) in [6.07, 6.45) is 3.72. The molecule has 3 N–H and O–H groups in total. The van der Waals surface area contributed by atoms with Gasteiger partial charge in [-0.05, 0) is 93.6 Å². The normalized spacial score (nSPS) is 16.3. The number of aliphatic carboxylic acids is 1. The fraction of sp³-hybridized carbons (Fsp3) is 0.519. The average molecular weight is 539 g/mol. The minimum Gasteiger partial charge on any atom is -0.481 e. The van der Waals surface area contributed by atoms with Crippen LogP contribution in [-0.4, -0.2) is 53.5 Å². The van der Waals surface area contributed by atoms with Gasteiger partial charge in [-0.1, -0.05) is 12.5 Å². The van der Waals surface area contributed by atoms with Crippen LogP contribution in [0.15, 0.2) is 30.3 Å². The van der Waals surface area contributed by atoms with E-state index in [1.807, 2.05) is 5.32 Å². The van der Waals surface area contributed by atoms with Crippen molar-refractivity contribution in [2.24, 2.45) is 0 Å². The Bertz CT molecular complexity index is 1070. The molecule has 0 aliphatic carbocycles. The van der Waals surface area contributed by atoms with Crippen molar-refractivity contribution in [2.75, 3.05) is 31.5 Å². The zero-order valence-electron chi connectivity index (χ0n) is 21.2. The molecule has 1 unspecified atom stereocenters. The lowest BCUT2D eigenvalue weighted by Gasteiger charge is -2.26. The highest BCUT2D eigenvalue weighted by Gasteiger charge is 2.32. The van der Waals surface area contributed by atoms with E-state index in [2.05, 4.69) is 22.3 Å². The molecule has 11 heteroatoms. The van der Waals surface area contributed by atoms with Crippen molar-refractivity contribution >= 4 is 18.2 Å². The Kier molecular flexibility index (Phi) is 10.9. The zero-order valence-corrected chi connectivity index (χ0v) is 21.2. The number of carbonyl (C=O) groups is 2. The number of hydrogen-bond donors (Lipinski definition) is 3. The molecule has 2 aliphatic heterocycles. The van der Waals surface area contributed by atoms with Crippen LogP contribution in [0.25, 0.3) is 0 Å². The Morgan fingerprint density at radius 2 is 1.92 bits per heavy atom. The second-order valence-corrected chi connectivity index (χ2v) is 9.55. The molecule has 2 aliphatic rings. The van der Waals surface area contributed by atoms with Gasteiger partial charge in [-0.2, -0.15) is 13.2 Å². The number of nitrogens with zero attached hydrogens (tertiary/aromatic N) is 2. The van der Waals surface area contributed by atoms with Gasteiger partial charge in [0.1, 0.15) is 11.6 Å². The van der Waals surface area contributed by atoms with Gasteiger partial charge >= 0.3 is 12.1 Å². The number of carbonyl (C=O) groups excluding carboxylic acids is 1. The molecule has 7 nitrogen and oxygen atoms in total. The highest BCUT2D eigenvalue weighted by atomic mass is 19.4. The van der Waals surface area contributed by atoms with E-state index >= 15 is 0 Å². The fourth-order valence-corrected chi connectivity index (χ4v) is 4.68. The van der Waals surface area contributed by atoms with Crippen molar-refractivity contribution in [1.82, 2.24) is 15.2 Å². The Morgan fingerprint density at radius 3 is 2.61 bits per heavy atom. The molecule has 1 aromatic heterocycles. The van der Waals surface area contributed by atoms with Crippen LogP contribution in [0.4, 0.5) is 23.4 Å². The number of aromatic nitrogens is 1. The van der Waals surface area contributed by atoms with Crippen LogP contribution in [0.5, 0.6) is 0 Å². The van der Waals surface area contributed by atoms with Crippen molar-refractivity contribution in [3.05, 3.63) is 58.5 Å². The third kappa shape index (κ3) is 9.27. The van der Waals surface area contributed by atoms with E-state index in [9.17, 15) is 27.2 Å². The number of nitrogens with one attached hydrogen (secondary N) is 2. The van der Waals surface area contributed by atoms with Crippen molar-refractivity contribution in [3.63, 3.8) is 0 Å². The topological polar surface area (TPSA) is 94.6 Å². The number of hydrogen-bond acceptors (Lipinski definition) is 5. The second kappa shape index (κ2) is 14.1. The van der Waals surface area contributed by atoms with Crippen LogP contribution in [-0.2, 0) is 28.6 Å². The first-order valence-corrected chi connectivity index (χ1v) is 12.9. The predicted molar refractivity (Wildman–Crippen MR) is 135 cm³/mol. The van der Waals surface area contributed by atoms with Crippen molar-refractivity contribution in [2.45, 2.75) is 63.6 Å². The molecule has 2 aromatic rings. The van der Waals surface area contributed by atoms with Gasteiger partial charge in [0.25, 0.3) is 0 Å². The van der Waals surface area contributed by atoms with Gasteiger partial charge in [-0.15, -0.1) is 0 Å². The summed E-state index contributed by atoms with van der Waals surface area (Å²) in [6, 6.07) is 4.91. The molecular formula is C27H34F4N4O3. The number of pyridine rings is 1. The number of likely N-dealkylation sites (tertiary alicyclic amines) is 1. The Labute approximate surface area is 219 Å². The highest BCUT2D eigenvalue weighted by molar-refractivity contribution is 5.68. The summed E-state index contributed by atoms with van der Waals surface area (Å²) in [7, 11) is 0. The Morgan fingerprint density at radius 1 is 1.16 bits per heavy atom. The molecule has 1 amide bonds. The number of halogens is 4. The third-order valence-corrected chi connectivity index (χ3v) is 6.61. The second-order valence-electron chi connectivity index (χ2n) is 9.55. The fourth-order valence-electron chi connectivity index (χ4n) is 4.68. The lowest BCUT2D eigenvalue weighted by atomic mass is 10.0. The van der Waals surface area contributed by atoms with Crippen molar-refractivity contribution in [3.8, 4) is 0 Å². The summed E-state index contributed by atoms with van der Waals surface area (Å²) in [5, 5.41) is 14.1. The van der Waals surface area contributed by atoms with Gasteiger partial charge in [0, 0.05) is 12.2 Å². The molecule has 0 saturated carbocycles. The summed E-state index contributed by atoms with van der Waals surface area (Å²) in [4.78, 5) is 28.2. The molecule has 208 valence electrons. The minimum atomic E-state index is -4.76. The van der Waals surface area contributed by atoms with E-state index in [0.717, 1.165) is 24.8 Å². The summed E-state index contributed by atoms with van der Waals surface area (Å²) in [5.74, 6) is -1.35. The number of alkyl halides is 3. The van der Waals surface area contributed by atoms with Crippen LogP contribution in [0.3, 0.4) is 0 Å². The molecule has 1 fully saturated rings. The van der Waals surface area contributed by atoms with E-state index in [-0.39, 0.29) is 12.0 Å². The quantitative estimate of drug-likeness (QED) is 0.309. The lowest BCUT2D eigenvalue weighted by Crippen LogP contribution is -2.30. The third-order valence-electron chi connectivity index (χ3n) is 6.61. The lowest BCUT2D eigenvalue weighted by molar-refractivity contribution is -0.138. The maximum absolute atomic E-state index is 13.1. The number of piperidine rings is 1. The van der Waals surface area contributed by atoms with Gasteiger partial charge in [0.15, 0.2) is 0 Å². The first-order valence-electron chi connectivity index (χ1n) is 12.9. The zero-order chi connectivity index (χ0) is 27.5. The molecule has 1 aromatic carbocycles. The van der Waals surface area contributed by atoms with Crippen LogP contribution < -0.4 is 10.6 Å². The number of aryl methyl sites for hydroxylation is 2. The van der Waals surface area contributed by atoms with E-state index in [4.69, 9.17) is 10.1 Å². The van der Waals surface area contributed by atoms with Gasteiger partial charge in [-0.25, -0.2) is 9.37 Å². The van der Waals surface area contributed by atoms with E-state index in [1.165, 1.54) is 69.4 Å². The van der Waals surface area contributed by atoms with Gasteiger partial charge in [-0.3, -0.25) is 9.59 Å². The number of carboxylic acids is 1. The van der Waals surface area contributed by atoms with Crippen LogP contribution in [0.2, 0.25) is 0 Å². The number of fused-ring (bicyclic) bond motifs is 1. The van der Waals surface area contributed by atoms with Crippen LogP contribution in [0, 0.1) is 5.82 Å². The largest absolute Gasteiger partial charge is 0.481 e. The first kappa shape index (κ1) is 29.3. The van der Waals surface area contributed by atoms with E-state index in [1.54, 1.807) is 0 Å². The van der Waals surface area contributed by atoms with Crippen molar-refractivity contribution < 1.29 is 32.3 Å². The monoisotopic (exact) mass is 538 g/mol. The molecule has 38 heavy (non-hydrogen) atoms. The molecule has 0 spiro atoms. The number of carboxylic acid groups (broad SMARTS) is 1. The molecule has 1 atom stereocenters. The van der Waals surface area contributed by atoms with Crippen molar-refractivity contribution in [1.29, 1.82) is 0 Å². The molecule has 0 bridgehead atoms. The van der Waals surface area contributed by atoms with Gasteiger partial charge in [0.05, 0.1) is 18.0 Å². The number of amides is 1.